The molecular formula is C19H26N2O5. The van der Waals surface area contributed by atoms with Crippen LogP contribution in [-0.4, -0.2) is 30.3 Å². The van der Waals surface area contributed by atoms with Crippen molar-refractivity contribution in [1.82, 2.24) is 10.6 Å². The Morgan fingerprint density at radius 1 is 1.23 bits per heavy atom. The quantitative estimate of drug-likeness (QED) is 0.617. The van der Waals surface area contributed by atoms with Crippen molar-refractivity contribution < 1.29 is 24.2 Å². The zero-order valence-electron chi connectivity index (χ0n) is 15.4. The van der Waals surface area contributed by atoms with E-state index in [4.69, 9.17) is 9.47 Å². The van der Waals surface area contributed by atoms with E-state index in [0.717, 1.165) is 12.8 Å². The standard InChI is InChI=1S/C19H26N2O5/c1-4-7-8-13-16(18(23)26-6-3)17(21-19(24)20-13)12-9-10-14(22)15(11-12)25-5-2/h9-11,17,22H,4-8H2,1-3H3,(H2,20,21,24). The summed E-state index contributed by atoms with van der Waals surface area (Å²) in [5, 5.41) is 15.4. The number of nitrogens with one attached hydrogen (secondary N) is 2. The number of unbranched alkanes of at least 4 members (excludes halogenated alkanes) is 1. The van der Waals surface area contributed by atoms with Gasteiger partial charge in [0.05, 0.1) is 24.8 Å². The number of esters is 1. The smallest absolute Gasteiger partial charge is 0.338 e. The largest absolute Gasteiger partial charge is 0.504 e. The van der Waals surface area contributed by atoms with Crippen molar-refractivity contribution in [2.75, 3.05) is 13.2 Å². The zero-order valence-corrected chi connectivity index (χ0v) is 15.4. The minimum Gasteiger partial charge on any atom is -0.504 e. The first kappa shape index (κ1) is 19.6. The monoisotopic (exact) mass is 362 g/mol. The summed E-state index contributed by atoms with van der Waals surface area (Å²) in [4.78, 5) is 24.7. The number of allylic oxidation sites excluding steroid dienone is 1. The van der Waals surface area contributed by atoms with E-state index < -0.39 is 12.0 Å². The second kappa shape index (κ2) is 9.12. The van der Waals surface area contributed by atoms with Gasteiger partial charge in [0, 0.05) is 5.70 Å². The van der Waals surface area contributed by atoms with E-state index in [1.165, 1.54) is 6.07 Å². The maximum Gasteiger partial charge on any atom is 0.338 e. The first-order valence-corrected chi connectivity index (χ1v) is 8.95. The Bertz CT molecular complexity index is 699. The lowest BCUT2D eigenvalue weighted by atomic mass is 9.93. The number of ether oxygens (including phenoxy) is 2. The van der Waals surface area contributed by atoms with Gasteiger partial charge in [0.15, 0.2) is 11.5 Å². The first-order chi connectivity index (χ1) is 12.5. The molecule has 1 heterocycles. The van der Waals surface area contributed by atoms with Gasteiger partial charge in [-0.05, 0) is 44.4 Å². The number of phenolic OH excluding ortho intramolecular Hbond substituents is 1. The van der Waals surface area contributed by atoms with E-state index in [1.54, 1.807) is 19.1 Å². The summed E-state index contributed by atoms with van der Waals surface area (Å²) < 4.78 is 10.6. The van der Waals surface area contributed by atoms with Gasteiger partial charge in [0.25, 0.3) is 0 Å². The maximum atomic E-state index is 12.6. The Morgan fingerprint density at radius 2 is 2.00 bits per heavy atom. The Kier molecular flexibility index (Phi) is 6.89. The highest BCUT2D eigenvalue weighted by Crippen LogP contribution is 2.34. The number of carbonyl (C=O) groups is 2. The topological polar surface area (TPSA) is 96.9 Å². The predicted octanol–water partition coefficient (Wildman–Crippen LogP) is 3.15. The molecule has 7 heteroatoms. The van der Waals surface area contributed by atoms with Crippen LogP contribution in [0.1, 0.15) is 51.6 Å². The summed E-state index contributed by atoms with van der Waals surface area (Å²) in [7, 11) is 0. The van der Waals surface area contributed by atoms with Crippen molar-refractivity contribution in [3.8, 4) is 11.5 Å². The van der Waals surface area contributed by atoms with Crippen LogP contribution in [0.5, 0.6) is 11.5 Å². The lowest BCUT2D eigenvalue weighted by molar-refractivity contribution is -0.139. The molecule has 142 valence electrons. The number of hydrogen-bond donors (Lipinski definition) is 3. The summed E-state index contributed by atoms with van der Waals surface area (Å²) in [6.07, 6.45) is 2.34. The molecule has 2 amide bonds. The molecule has 1 aromatic carbocycles. The van der Waals surface area contributed by atoms with E-state index >= 15 is 0 Å². The molecule has 1 unspecified atom stereocenters. The van der Waals surface area contributed by atoms with Gasteiger partial charge in [-0.25, -0.2) is 9.59 Å². The van der Waals surface area contributed by atoms with Gasteiger partial charge in [-0.2, -0.15) is 0 Å². The average Bonchev–Trinajstić information content (AvgIpc) is 2.61. The molecule has 0 radical (unpaired) electrons. The number of carbonyl (C=O) groups excluding carboxylic acids is 2. The SMILES string of the molecule is CCCCC1=C(C(=O)OCC)C(c2ccc(O)c(OCC)c2)NC(=O)N1. The number of aromatic hydroxyl groups is 1. The molecule has 7 nitrogen and oxygen atoms in total. The Morgan fingerprint density at radius 3 is 2.65 bits per heavy atom. The molecule has 1 aliphatic heterocycles. The van der Waals surface area contributed by atoms with Crippen LogP contribution < -0.4 is 15.4 Å². The van der Waals surface area contributed by atoms with Gasteiger partial charge in [-0.1, -0.05) is 19.4 Å². The highest BCUT2D eigenvalue weighted by molar-refractivity contribution is 5.95. The van der Waals surface area contributed by atoms with Crippen molar-refractivity contribution in [2.45, 2.75) is 46.1 Å². The van der Waals surface area contributed by atoms with Crippen molar-refractivity contribution in [1.29, 1.82) is 0 Å². The predicted molar refractivity (Wildman–Crippen MR) is 96.9 cm³/mol. The molecule has 1 aliphatic rings. The molecule has 26 heavy (non-hydrogen) atoms. The van der Waals surface area contributed by atoms with Crippen LogP contribution in [0, 0.1) is 0 Å². The molecule has 3 N–H and O–H groups in total. The number of hydrogen-bond acceptors (Lipinski definition) is 5. The van der Waals surface area contributed by atoms with Crippen LogP contribution in [0.25, 0.3) is 0 Å². The lowest BCUT2D eigenvalue weighted by Gasteiger charge is -2.29. The number of urea groups is 1. The molecule has 0 fully saturated rings. The van der Waals surface area contributed by atoms with Crippen LogP contribution >= 0.6 is 0 Å². The third kappa shape index (κ3) is 4.47. The second-order valence-electron chi connectivity index (χ2n) is 5.91. The van der Waals surface area contributed by atoms with Crippen molar-refractivity contribution >= 4 is 12.0 Å². The highest BCUT2D eigenvalue weighted by atomic mass is 16.5. The Hall–Kier alpha value is -2.70. The Labute approximate surface area is 153 Å². The lowest BCUT2D eigenvalue weighted by Crippen LogP contribution is -2.46. The van der Waals surface area contributed by atoms with E-state index in [9.17, 15) is 14.7 Å². The van der Waals surface area contributed by atoms with Crippen LogP contribution in [-0.2, 0) is 9.53 Å². The van der Waals surface area contributed by atoms with E-state index in [0.29, 0.717) is 35.6 Å². The van der Waals surface area contributed by atoms with Crippen molar-refractivity contribution in [3.05, 3.63) is 35.0 Å². The van der Waals surface area contributed by atoms with Gasteiger partial charge >= 0.3 is 12.0 Å². The Balaban J connectivity index is 2.50. The van der Waals surface area contributed by atoms with Gasteiger partial charge < -0.3 is 25.2 Å². The van der Waals surface area contributed by atoms with Gasteiger partial charge in [-0.3, -0.25) is 0 Å². The molecule has 1 atom stereocenters. The fourth-order valence-electron chi connectivity index (χ4n) is 2.85. The molecule has 0 aromatic heterocycles. The van der Waals surface area contributed by atoms with Crippen molar-refractivity contribution in [2.24, 2.45) is 0 Å². The summed E-state index contributed by atoms with van der Waals surface area (Å²) in [6.45, 7) is 6.22. The summed E-state index contributed by atoms with van der Waals surface area (Å²) in [5.74, 6) is -0.165. The normalized spacial score (nSPS) is 16.7. The molecule has 2 rings (SSSR count). The highest BCUT2D eigenvalue weighted by Gasteiger charge is 2.33. The third-order valence-corrected chi connectivity index (χ3v) is 4.05. The van der Waals surface area contributed by atoms with E-state index in [-0.39, 0.29) is 18.4 Å². The van der Waals surface area contributed by atoms with E-state index in [2.05, 4.69) is 10.6 Å². The second-order valence-corrected chi connectivity index (χ2v) is 5.91. The van der Waals surface area contributed by atoms with Gasteiger partial charge in [-0.15, -0.1) is 0 Å². The minimum atomic E-state index is -0.672. The fraction of sp³-hybridized carbons (Fsp3) is 0.474. The number of benzene rings is 1. The van der Waals surface area contributed by atoms with Crippen LogP contribution in [0.15, 0.2) is 29.5 Å². The van der Waals surface area contributed by atoms with Crippen LogP contribution in [0.4, 0.5) is 4.79 Å². The van der Waals surface area contributed by atoms with Crippen LogP contribution in [0.3, 0.4) is 0 Å². The first-order valence-electron chi connectivity index (χ1n) is 8.95. The minimum absolute atomic E-state index is 0.00346. The summed E-state index contributed by atoms with van der Waals surface area (Å²) in [6, 6.07) is 3.73. The molecule has 0 spiro atoms. The van der Waals surface area contributed by atoms with Gasteiger partial charge in [0.1, 0.15) is 0 Å². The molecule has 0 aliphatic carbocycles. The summed E-state index contributed by atoms with van der Waals surface area (Å²) >= 11 is 0. The van der Waals surface area contributed by atoms with Crippen LogP contribution in [0.2, 0.25) is 0 Å². The molecule has 0 bridgehead atoms. The molecule has 0 saturated heterocycles. The third-order valence-electron chi connectivity index (χ3n) is 4.05. The number of amides is 2. The number of phenols is 1. The molecule has 0 saturated carbocycles. The zero-order chi connectivity index (χ0) is 19.1. The fourth-order valence-corrected chi connectivity index (χ4v) is 2.85. The number of rotatable bonds is 8. The molecular weight excluding hydrogens is 336 g/mol. The maximum absolute atomic E-state index is 12.6. The molecule has 1 aromatic rings. The summed E-state index contributed by atoms with van der Waals surface area (Å²) in [5.41, 5.74) is 1.59. The van der Waals surface area contributed by atoms with E-state index in [1.807, 2.05) is 13.8 Å². The average molecular weight is 362 g/mol. The van der Waals surface area contributed by atoms with Crippen molar-refractivity contribution in [3.63, 3.8) is 0 Å². The van der Waals surface area contributed by atoms with Gasteiger partial charge in [0.2, 0.25) is 0 Å².